The molecule has 3 heterocycles. The van der Waals surface area contributed by atoms with Crippen molar-refractivity contribution < 1.29 is 18.4 Å². The zero-order valence-electron chi connectivity index (χ0n) is 18.5. The number of thioether (sulfide) groups is 1. The first-order chi connectivity index (χ1) is 16.7. The molecule has 5 rings (SSSR count). The van der Waals surface area contributed by atoms with E-state index in [1.807, 2.05) is 65.2 Å². The Labute approximate surface area is 199 Å². The second-order valence-corrected chi connectivity index (χ2v) is 8.15. The minimum Gasteiger partial charge on any atom is -0.497 e. The fraction of sp³-hybridized carbons (Fsp3) is 0.167. The molecule has 0 atom stereocenters. The van der Waals surface area contributed by atoms with Crippen LogP contribution in [0.25, 0.3) is 22.8 Å². The van der Waals surface area contributed by atoms with Gasteiger partial charge in [-0.25, -0.2) is 0 Å². The van der Waals surface area contributed by atoms with Gasteiger partial charge in [0.15, 0.2) is 11.0 Å². The lowest BCUT2D eigenvalue weighted by Crippen LogP contribution is -2.03. The molecule has 0 aliphatic rings. The van der Waals surface area contributed by atoms with Gasteiger partial charge in [-0.05, 0) is 36.4 Å². The molecule has 0 radical (unpaired) electrons. The van der Waals surface area contributed by atoms with Crippen LogP contribution in [0.5, 0.6) is 11.5 Å². The van der Waals surface area contributed by atoms with Gasteiger partial charge in [0.1, 0.15) is 17.3 Å². The molecule has 34 heavy (non-hydrogen) atoms. The Morgan fingerprint density at radius 3 is 2.71 bits per heavy atom. The van der Waals surface area contributed by atoms with Crippen molar-refractivity contribution in [2.75, 3.05) is 14.2 Å². The molecule has 0 saturated heterocycles. The third-order valence-corrected chi connectivity index (χ3v) is 6.03. The number of rotatable bonds is 9. The van der Waals surface area contributed by atoms with E-state index in [0.717, 1.165) is 22.6 Å². The number of furan rings is 1. The average molecular weight is 476 g/mol. The number of hydrogen-bond donors (Lipinski definition) is 0. The van der Waals surface area contributed by atoms with Crippen LogP contribution in [0.2, 0.25) is 0 Å². The summed E-state index contributed by atoms with van der Waals surface area (Å²) in [7, 11) is 3.25. The van der Waals surface area contributed by atoms with Crippen LogP contribution in [0, 0.1) is 0 Å². The molecule has 0 saturated carbocycles. The first-order valence-electron chi connectivity index (χ1n) is 10.4. The van der Waals surface area contributed by atoms with E-state index >= 15 is 0 Å². The Bertz CT molecular complexity index is 1380. The molecule has 10 heteroatoms. The van der Waals surface area contributed by atoms with E-state index < -0.39 is 0 Å². The van der Waals surface area contributed by atoms with Crippen molar-refractivity contribution in [3.63, 3.8) is 0 Å². The van der Waals surface area contributed by atoms with E-state index in [4.69, 9.17) is 18.4 Å². The minimum atomic E-state index is 0.427. The van der Waals surface area contributed by atoms with E-state index in [1.54, 1.807) is 20.5 Å². The fourth-order valence-corrected chi connectivity index (χ4v) is 4.23. The maximum Gasteiger partial charge on any atom is 0.237 e. The summed E-state index contributed by atoms with van der Waals surface area (Å²) in [5.74, 6) is 4.30. The number of hydrogen-bond acceptors (Lipinski definition) is 9. The van der Waals surface area contributed by atoms with Crippen molar-refractivity contribution in [3.8, 4) is 34.3 Å². The van der Waals surface area contributed by atoms with Gasteiger partial charge in [0.05, 0.1) is 38.3 Å². The summed E-state index contributed by atoms with van der Waals surface area (Å²) in [5, 5.41) is 13.7. The zero-order valence-corrected chi connectivity index (χ0v) is 19.4. The van der Waals surface area contributed by atoms with Crippen molar-refractivity contribution in [1.82, 2.24) is 24.9 Å². The van der Waals surface area contributed by atoms with E-state index in [0.29, 0.717) is 40.7 Å². The van der Waals surface area contributed by atoms with Crippen molar-refractivity contribution in [1.29, 1.82) is 0 Å². The van der Waals surface area contributed by atoms with E-state index in [-0.39, 0.29) is 0 Å². The predicted molar refractivity (Wildman–Crippen MR) is 126 cm³/mol. The van der Waals surface area contributed by atoms with Crippen molar-refractivity contribution in [3.05, 3.63) is 78.6 Å². The van der Waals surface area contributed by atoms with Crippen molar-refractivity contribution in [2.24, 2.45) is 0 Å². The Kier molecular flexibility index (Phi) is 6.30. The zero-order chi connectivity index (χ0) is 23.3. The second-order valence-electron chi connectivity index (χ2n) is 7.20. The smallest absolute Gasteiger partial charge is 0.237 e. The Balaban J connectivity index is 1.41. The molecule has 172 valence electrons. The van der Waals surface area contributed by atoms with Gasteiger partial charge < -0.3 is 18.4 Å². The number of aromatic nitrogens is 5. The highest BCUT2D eigenvalue weighted by Gasteiger charge is 2.19. The van der Waals surface area contributed by atoms with Crippen molar-refractivity contribution in [2.45, 2.75) is 17.5 Å². The van der Waals surface area contributed by atoms with E-state index in [2.05, 4.69) is 20.3 Å². The summed E-state index contributed by atoms with van der Waals surface area (Å²) >= 11 is 1.45. The summed E-state index contributed by atoms with van der Waals surface area (Å²) in [6, 6.07) is 19.0. The second kappa shape index (κ2) is 9.84. The molecule has 0 spiro atoms. The molecule has 0 fully saturated rings. The van der Waals surface area contributed by atoms with Gasteiger partial charge in [-0.1, -0.05) is 41.2 Å². The van der Waals surface area contributed by atoms with Gasteiger partial charge in [-0.2, -0.15) is 4.98 Å². The van der Waals surface area contributed by atoms with Gasteiger partial charge in [0.25, 0.3) is 0 Å². The molecular weight excluding hydrogens is 454 g/mol. The third-order valence-electron chi connectivity index (χ3n) is 5.08. The maximum atomic E-state index is 5.57. The van der Waals surface area contributed by atoms with Gasteiger partial charge in [0, 0.05) is 5.56 Å². The van der Waals surface area contributed by atoms with Crippen LogP contribution in [-0.4, -0.2) is 39.1 Å². The molecule has 3 aromatic heterocycles. The topological polar surface area (TPSA) is 101 Å². The lowest BCUT2D eigenvalue weighted by atomic mass is 10.2. The largest absolute Gasteiger partial charge is 0.497 e. The molecule has 0 N–H and O–H groups in total. The molecule has 5 aromatic rings. The molecule has 0 bridgehead atoms. The standard InChI is InChI=1S/C24H21N5O4S/c1-30-17-8-5-7-16(13-17)23-26-27-24(29(23)14-18-9-6-12-32-18)34-15-21-25-22(28-33-21)19-10-3-4-11-20(19)31-2/h3-13H,14-15H2,1-2H3. The number of ether oxygens (including phenoxy) is 2. The van der Waals surface area contributed by atoms with E-state index in [1.165, 1.54) is 11.8 Å². The molecule has 0 unspecified atom stereocenters. The first-order valence-corrected chi connectivity index (χ1v) is 11.4. The summed E-state index contributed by atoms with van der Waals surface area (Å²) in [6.45, 7) is 0.477. The minimum absolute atomic E-state index is 0.427. The quantitative estimate of drug-likeness (QED) is 0.274. The molecular formula is C24H21N5O4S. The van der Waals surface area contributed by atoms with Crippen LogP contribution in [0.15, 0.2) is 81.0 Å². The lowest BCUT2D eigenvalue weighted by molar-refractivity contribution is 0.390. The summed E-state index contributed by atoms with van der Waals surface area (Å²) in [5.41, 5.74) is 1.66. The Hall–Kier alpha value is -4.05. The highest BCUT2D eigenvalue weighted by Crippen LogP contribution is 2.31. The summed E-state index contributed by atoms with van der Waals surface area (Å²) < 4.78 is 23.8. The Morgan fingerprint density at radius 2 is 1.88 bits per heavy atom. The van der Waals surface area contributed by atoms with Crippen LogP contribution in [0.3, 0.4) is 0 Å². The van der Waals surface area contributed by atoms with Gasteiger partial charge in [0.2, 0.25) is 11.7 Å². The Morgan fingerprint density at radius 1 is 0.971 bits per heavy atom. The first kappa shape index (κ1) is 21.8. The average Bonchev–Trinajstić information content (AvgIpc) is 3.65. The molecule has 9 nitrogen and oxygen atoms in total. The number of para-hydroxylation sites is 1. The number of benzene rings is 2. The van der Waals surface area contributed by atoms with E-state index in [9.17, 15) is 0 Å². The summed E-state index contributed by atoms with van der Waals surface area (Å²) in [6.07, 6.45) is 1.65. The third kappa shape index (κ3) is 4.53. The number of nitrogens with zero attached hydrogens (tertiary/aromatic N) is 5. The molecule has 0 amide bonds. The lowest BCUT2D eigenvalue weighted by Gasteiger charge is -2.09. The van der Waals surface area contributed by atoms with Crippen molar-refractivity contribution >= 4 is 11.8 Å². The van der Waals surface area contributed by atoms with Gasteiger partial charge >= 0.3 is 0 Å². The molecule has 0 aliphatic heterocycles. The fourth-order valence-electron chi connectivity index (χ4n) is 3.45. The molecule has 0 aliphatic carbocycles. The van der Waals surface area contributed by atoms with Gasteiger partial charge in [-0.3, -0.25) is 4.57 Å². The highest BCUT2D eigenvalue weighted by atomic mass is 32.2. The SMILES string of the molecule is COc1cccc(-c2nnc(SCc3nc(-c4ccccc4OC)no3)n2Cc2ccco2)c1. The number of methoxy groups -OCH3 is 2. The van der Waals surface area contributed by atoms with Crippen LogP contribution in [-0.2, 0) is 12.3 Å². The highest BCUT2D eigenvalue weighted by molar-refractivity contribution is 7.98. The van der Waals surface area contributed by atoms with Crippen LogP contribution < -0.4 is 9.47 Å². The maximum absolute atomic E-state index is 5.57. The molecule has 2 aromatic carbocycles. The summed E-state index contributed by atoms with van der Waals surface area (Å²) in [4.78, 5) is 4.53. The van der Waals surface area contributed by atoms with Gasteiger partial charge in [-0.15, -0.1) is 10.2 Å². The van der Waals surface area contributed by atoms with Crippen LogP contribution >= 0.6 is 11.8 Å². The monoisotopic (exact) mass is 475 g/mol. The predicted octanol–water partition coefficient (Wildman–Crippen LogP) is 4.95. The van der Waals surface area contributed by atoms with Crippen LogP contribution in [0.4, 0.5) is 0 Å². The van der Waals surface area contributed by atoms with Crippen LogP contribution in [0.1, 0.15) is 11.7 Å². The normalized spacial score (nSPS) is 11.0.